The van der Waals surface area contributed by atoms with Crippen LogP contribution in [0.1, 0.15) is 16.1 Å². The number of imidazole rings is 1. The standard InChI is InChI=1S/C14H16N4O3/c15-4-5-18-8-12(16-9-18)14(21)17-11-3-1-2-10(6-11)7-13(19)20/h1-3,6,8-9H,4-5,7,15H2,(H,17,21)(H,19,20). The van der Waals surface area contributed by atoms with Crippen LogP contribution in [0.5, 0.6) is 0 Å². The first kappa shape index (κ1) is 14.7. The van der Waals surface area contributed by atoms with E-state index in [2.05, 4.69) is 10.3 Å². The van der Waals surface area contributed by atoms with Crippen LogP contribution in [-0.4, -0.2) is 33.1 Å². The number of nitrogens with two attached hydrogens (primary N) is 1. The molecular formula is C14H16N4O3. The number of hydrogen-bond acceptors (Lipinski definition) is 4. The Hall–Kier alpha value is -2.67. The summed E-state index contributed by atoms with van der Waals surface area (Å²) in [6.45, 7) is 1.06. The Morgan fingerprint density at radius 2 is 2.19 bits per heavy atom. The molecule has 0 bridgehead atoms. The lowest BCUT2D eigenvalue weighted by atomic mass is 10.1. The second kappa shape index (κ2) is 6.67. The highest BCUT2D eigenvalue weighted by molar-refractivity contribution is 6.02. The molecule has 2 rings (SSSR count). The van der Waals surface area contributed by atoms with Gasteiger partial charge in [0.2, 0.25) is 0 Å². The SMILES string of the molecule is NCCn1cnc(C(=O)Nc2cccc(CC(=O)O)c2)c1. The van der Waals surface area contributed by atoms with Crippen LogP contribution in [0.3, 0.4) is 0 Å². The van der Waals surface area contributed by atoms with E-state index in [-0.39, 0.29) is 18.0 Å². The first-order valence-corrected chi connectivity index (χ1v) is 6.42. The quantitative estimate of drug-likeness (QED) is 0.725. The second-order valence-corrected chi connectivity index (χ2v) is 4.51. The molecule has 0 atom stereocenters. The van der Waals surface area contributed by atoms with Crippen molar-refractivity contribution in [3.05, 3.63) is 48.0 Å². The van der Waals surface area contributed by atoms with Crippen LogP contribution in [-0.2, 0) is 17.8 Å². The van der Waals surface area contributed by atoms with Crippen molar-refractivity contribution >= 4 is 17.6 Å². The molecule has 21 heavy (non-hydrogen) atoms. The van der Waals surface area contributed by atoms with Gasteiger partial charge in [-0.1, -0.05) is 12.1 Å². The lowest BCUT2D eigenvalue weighted by Gasteiger charge is -2.05. The molecule has 0 aliphatic rings. The van der Waals surface area contributed by atoms with Gasteiger partial charge in [-0.3, -0.25) is 9.59 Å². The van der Waals surface area contributed by atoms with Gasteiger partial charge < -0.3 is 20.7 Å². The molecule has 0 fully saturated rings. The van der Waals surface area contributed by atoms with Gasteiger partial charge in [-0.15, -0.1) is 0 Å². The molecule has 0 saturated carbocycles. The van der Waals surface area contributed by atoms with E-state index in [1.807, 2.05) is 0 Å². The zero-order chi connectivity index (χ0) is 15.2. The molecule has 110 valence electrons. The van der Waals surface area contributed by atoms with Crippen LogP contribution in [0.2, 0.25) is 0 Å². The van der Waals surface area contributed by atoms with Crippen molar-refractivity contribution in [2.24, 2.45) is 5.73 Å². The van der Waals surface area contributed by atoms with Gasteiger partial charge in [-0.25, -0.2) is 4.98 Å². The lowest BCUT2D eigenvalue weighted by Crippen LogP contribution is -2.13. The minimum atomic E-state index is -0.918. The number of carboxylic acid groups (broad SMARTS) is 1. The number of benzene rings is 1. The fraction of sp³-hybridized carbons (Fsp3) is 0.214. The molecule has 0 aliphatic heterocycles. The highest BCUT2D eigenvalue weighted by atomic mass is 16.4. The van der Waals surface area contributed by atoms with E-state index < -0.39 is 5.97 Å². The van der Waals surface area contributed by atoms with Crippen molar-refractivity contribution in [2.75, 3.05) is 11.9 Å². The Balaban J connectivity index is 2.06. The maximum absolute atomic E-state index is 12.0. The fourth-order valence-corrected chi connectivity index (χ4v) is 1.88. The molecule has 1 aromatic carbocycles. The van der Waals surface area contributed by atoms with E-state index in [1.165, 1.54) is 0 Å². The van der Waals surface area contributed by atoms with Gasteiger partial charge in [-0.05, 0) is 17.7 Å². The molecule has 1 aromatic heterocycles. The van der Waals surface area contributed by atoms with E-state index in [4.69, 9.17) is 10.8 Å². The van der Waals surface area contributed by atoms with E-state index in [9.17, 15) is 9.59 Å². The predicted octanol–water partition coefficient (Wildman–Crippen LogP) is 0.721. The molecule has 1 amide bonds. The van der Waals surface area contributed by atoms with Crippen LogP contribution < -0.4 is 11.1 Å². The Morgan fingerprint density at radius 1 is 1.38 bits per heavy atom. The van der Waals surface area contributed by atoms with Crippen molar-refractivity contribution in [3.8, 4) is 0 Å². The Morgan fingerprint density at radius 3 is 2.90 bits per heavy atom. The average molecular weight is 288 g/mol. The topological polar surface area (TPSA) is 110 Å². The van der Waals surface area contributed by atoms with Gasteiger partial charge in [0.25, 0.3) is 5.91 Å². The predicted molar refractivity (Wildman–Crippen MR) is 77.0 cm³/mol. The summed E-state index contributed by atoms with van der Waals surface area (Å²) in [5, 5.41) is 11.4. The third kappa shape index (κ3) is 4.15. The molecular weight excluding hydrogens is 272 g/mol. The number of amides is 1. The first-order chi connectivity index (χ1) is 10.1. The molecule has 0 spiro atoms. The molecule has 1 heterocycles. The summed E-state index contributed by atoms with van der Waals surface area (Å²) in [4.78, 5) is 26.7. The third-order valence-electron chi connectivity index (χ3n) is 2.79. The largest absolute Gasteiger partial charge is 0.481 e. The highest BCUT2D eigenvalue weighted by Crippen LogP contribution is 2.12. The van der Waals surface area contributed by atoms with Crippen molar-refractivity contribution < 1.29 is 14.7 Å². The van der Waals surface area contributed by atoms with E-state index in [0.717, 1.165) is 0 Å². The van der Waals surface area contributed by atoms with Crippen molar-refractivity contribution in [2.45, 2.75) is 13.0 Å². The Bertz CT molecular complexity index is 651. The van der Waals surface area contributed by atoms with Gasteiger partial charge >= 0.3 is 5.97 Å². The summed E-state index contributed by atoms with van der Waals surface area (Å²) < 4.78 is 1.73. The van der Waals surface area contributed by atoms with Crippen molar-refractivity contribution in [1.82, 2.24) is 9.55 Å². The minimum absolute atomic E-state index is 0.0885. The monoisotopic (exact) mass is 288 g/mol. The van der Waals surface area contributed by atoms with Gasteiger partial charge in [0, 0.05) is 25.0 Å². The van der Waals surface area contributed by atoms with Crippen molar-refractivity contribution in [1.29, 1.82) is 0 Å². The first-order valence-electron chi connectivity index (χ1n) is 6.42. The van der Waals surface area contributed by atoms with E-state index in [0.29, 0.717) is 24.3 Å². The van der Waals surface area contributed by atoms with Crippen LogP contribution in [0, 0.1) is 0 Å². The summed E-state index contributed by atoms with van der Waals surface area (Å²) in [7, 11) is 0. The number of aromatic nitrogens is 2. The zero-order valence-electron chi connectivity index (χ0n) is 11.3. The lowest BCUT2D eigenvalue weighted by molar-refractivity contribution is -0.136. The van der Waals surface area contributed by atoms with Crippen LogP contribution in [0.25, 0.3) is 0 Å². The normalized spacial score (nSPS) is 10.3. The molecule has 4 N–H and O–H groups in total. The number of nitrogens with zero attached hydrogens (tertiary/aromatic N) is 2. The summed E-state index contributed by atoms with van der Waals surface area (Å²) in [5.41, 5.74) is 6.87. The number of carbonyl (C=O) groups is 2. The number of carboxylic acids is 1. The molecule has 0 radical (unpaired) electrons. The maximum atomic E-state index is 12.0. The van der Waals surface area contributed by atoms with E-state index >= 15 is 0 Å². The smallest absolute Gasteiger partial charge is 0.307 e. The van der Waals surface area contributed by atoms with Crippen LogP contribution in [0.15, 0.2) is 36.8 Å². The highest BCUT2D eigenvalue weighted by Gasteiger charge is 2.10. The third-order valence-corrected chi connectivity index (χ3v) is 2.79. The molecule has 0 aliphatic carbocycles. The number of rotatable bonds is 6. The van der Waals surface area contributed by atoms with Crippen molar-refractivity contribution in [3.63, 3.8) is 0 Å². The summed E-state index contributed by atoms with van der Waals surface area (Å²) >= 11 is 0. The van der Waals surface area contributed by atoms with Crippen LogP contribution in [0.4, 0.5) is 5.69 Å². The zero-order valence-corrected chi connectivity index (χ0v) is 11.3. The molecule has 2 aromatic rings. The molecule has 0 unspecified atom stereocenters. The van der Waals surface area contributed by atoms with Gasteiger partial charge in [-0.2, -0.15) is 0 Å². The van der Waals surface area contributed by atoms with Gasteiger partial charge in [0.05, 0.1) is 12.7 Å². The number of nitrogens with one attached hydrogen (secondary N) is 1. The maximum Gasteiger partial charge on any atom is 0.307 e. The number of aliphatic carboxylic acids is 1. The Labute approximate surface area is 121 Å². The molecule has 7 nitrogen and oxygen atoms in total. The van der Waals surface area contributed by atoms with Gasteiger partial charge in [0.15, 0.2) is 0 Å². The minimum Gasteiger partial charge on any atom is -0.481 e. The number of carbonyl (C=O) groups excluding carboxylic acids is 1. The summed E-state index contributed by atoms with van der Waals surface area (Å²) in [5.74, 6) is -1.27. The Kier molecular flexibility index (Phi) is 4.68. The van der Waals surface area contributed by atoms with Crippen LogP contribution >= 0.6 is 0 Å². The summed E-state index contributed by atoms with van der Waals surface area (Å²) in [6, 6.07) is 6.71. The molecule has 7 heteroatoms. The summed E-state index contributed by atoms with van der Waals surface area (Å²) in [6.07, 6.45) is 3.07. The van der Waals surface area contributed by atoms with Gasteiger partial charge in [0.1, 0.15) is 5.69 Å². The second-order valence-electron chi connectivity index (χ2n) is 4.51. The fourth-order valence-electron chi connectivity index (χ4n) is 1.88. The average Bonchev–Trinajstić information content (AvgIpc) is 2.87. The number of anilines is 1. The number of hydrogen-bond donors (Lipinski definition) is 3. The molecule has 0 saturated heterocycles. The van der Waals surface area contributed by atoms with E-state index in [1.54, 1.807) is 41.4 Å².